The molecular weight excluding hydrogens is 264 g/mol. The number of rotatable bonds is 3. The van der Waals surface area contributed by atoms with Crippen LogP contribution >= 0.6 is 15.9 Å². The van der Waals surface area contributed by atoms with Crippen molar-refractivity contribution in [2.45, 2.75) is 31.8 Å². The Hall–Kier alpha value is -0.380. The summed E-state index contributed by atoms with van der Waals surface area (Å²) < 4.78 is 1.14. The highest BCUT2D eigenvalue weighted by Crippen LogP contribution is 2.18. The molecule has 1 aliphatic rings. The topological polar surface area (TPSA) is 24.1 Å². The predicted molar refractivity (Wildman–Crippen MR) is 71.6 cm³/mol. The lowest BCUT2D eigenvalue weighted by atomic mass is 10.0. The molecule has 1 heterocycles. The summed E-state index contributed by atoms with van der Waals surface area (Å²) in [5.74, 6) is 0. The van der Waals surface area contributed by atoms with Crippen molar-refractivity contribution in [2.75, 3.05) is 13.1 Å². The maximum atomic E-state index is 3.70. The quantitative estimate of drug-likeness (QED) is 0.891. The highest BCUT2D eigenvalue weighted by molar-refractivity contribution is 9.10. The van der Waals surface area contributed by atoms with E-state index >= 15 is 0 Å². The third kappa shape index (κ3) is 3.30. The minimum Gasteiger partial charge on any atom is -0.317 e. The van der Waals surface area contributed by atoms with Gasteiger partial charge in [0.2, 0.25) is 0 Å². The normalized spacial score (nSPS) is 19.6. The molecule has 0 amide bonds. The predicted octanol–water partition coefficient (Wildman–Crippen LogP) is 2.85. The standard InChI is InChI=1S/C13H19BrN2/c1-10(11-2-4-12(14)5-3-11)16-13-6-8-15-9-7-13/h2-5,10,13,15-16H,6-9H2,1H3. The van der Waals surface area contributed by atoms with Crippen LogP contribution in [0.3, 0.4) is 0 Å². The molecule has 1 atom stereocenters. The van der Waals surface area contributed by atoms with Crippen LogP contribution in [0.15, 0.2) is 28.7 Å². The number of halogens is 1. The van der Waals surface area contributed by atoms with Gasteiger partial charge in [-0.2, -0.15) is 0 Å². The molecule has 88 valence electrons. The van der Waals surface area contributed by atoms with Crippen molar-refractivity contribution in [3.8, 4) is 0 Å². The van der Waals surface area contributed by atoms with Crippen molar-refractivity contribution in [1.29, 1.82) is 0 Å². The molecule has 1 aromatic carbocycles. The molecule has 0 radical (unpaired) electrons. The number of piperidine rings is 1. The number of nitrogens with one attached hydrogen (secondary N) is 2. The molecule has 1 saturated heterocycles. The van der Waals surface area contributed by atoms with E-state index in [1.165, 1.54) is 18.4 Å². The van der Waals surface area contributed by atoms with Crippen molar-refractivity contribution in [2.24, 2.45) is 0 Å². The molecule has 0 aromatic heterocycles. The fourth-order valence-corrected chi connectivity index (χ4v) is 2.45. The van der Waals surface area contributed by atoms with Gasteiger partial charge in [-0.15, -0.1) is 0 Å². The van der Waals surface area contributed by atoms with Gasteiger partial charge >= 0.3 is 0 Å². The molecule has 2 nitrogen and oxygen atoms in total. The zero-order valence-electron chi connectivity index (χ0n) is 9.67. The van der Waals surface area contributed by atoms with Crippen LogP contribution in [0.25, 0.3) is 0 Å². The van der Waals surface area contributed by atoms with Gasteiger partial charge in [0.1, 0.15) is 0 Å². The minimum atomic E-state index is 0.441. The Balaban J connectivity index is 1.91. The van der Waals surface area contributed by atoms with E-state index in [1.807, 2.05) is 0 Å². The number of hydrogen-bond donors (Lipinski definition) is 2. The van der Waals surface area contributed by atoms with Crippen LogP contribution in [0.5, 0.6) is 0 Å². The lowest BCUT2D eigenvalue weighted by Crippen LogP contribution is -2.40. The van der Waals surface area contributed by atoms with Gasteiger partial charge in [0.25, 0.3) is 0 Å². The molecule has 0 aliphatic carbocycles. The Morgan fingerprint density at radius 1 is 1.25 bits per heavy atom. The van der Waals surface area contributed by atoms with Gasteiger partial charge < -0.3 is 10.6 Å². The van der Waals surface area contributed by atoms with Gasteiger partial charge in [0.15, 0.2) is 0 Å². The third-order valence-corrected chi connectivity index (χ3v) is 3.72. The van der Waals surface area contributed by atoms with Crippen molar-refractivity contribution in [3.05, 3.63) is 34.3 Å². The molecular formula is C13H19BrN2. The summed E-state index contributed by atoms with van der Waals surface area (Å²) in [4.78, 5) is 0. The first-order chi connectivity index (χ1) is 7.75. The van der Waals surface area contributed by atoms with Crippen LogP contribution < -0.4 is 10.6 Å². The minimum absolute atomic E-state index is 0.441. The Bertz CT molecular complexity index is 317. The summed E-state index contributed by atoms with van der Waals surface area (Å²) in [5.41, 5.74) is 1.36. The summed E-state index contributed by atoms with van der Waals surface area (Å²) in [7, 11) is 0. The number of benzene rings is 1. The van der Waals surface area contributed by atoms with Crippen LogP contribution in [0.1, 0.15) is 31.4 Å². The zero-order chi connectivity index (χ0) is 11.4. The maximum absolute atomic E-state index is 3.70. The highest BCUT2D eigenvalue weighted by Gasteiger charge is 2.15. The van der Waals surface area contributed by atoms with E-state index in [2.05, 4.69) is 57.8 Å². The van der Waals surface area contributed by atoms with Crippen molar-refractivity contribution in [3.63, 3.8) is 0 Å². The molecule has 1 aliphatic heterocycles. The Morgan fingerprint density at radius 2 is 1.88 bits per heavy atom. The van der Waals surface area contributed by atoms with Gasteiger partial charge in [0.05, 0.1) is 0 Å². The first kappa shape index (κ1) is 12.1. The van der Waals surface area contributed by atoms with E-state index in [9.17, 15) is 0 Å². The molecule has 3 heteroatoms. The van der Waals surface area contributed by atoms with Crippen LogP contribution in [0.4, 0.5) is 0 Å². The summed E-state index contributed by atoms with van der Waals surface area (Å²) >= 11 is 3.46. The molecule has 1 aromatic rings. The first-order valence-electron chi connectivity index (χ1n) is 5.98. The fourth-order valence-electron chi connectivity index (χ4n) is 2.19. The average molecular weight is 283 g/mol. The van der Waals surface area contributed by atoms with Crippen LogP contribution in [-0.2, 0) is 0 Å². The molecule has 2 rings (SSSR count). The van der Waals surface area contributed by atoms with Crippen LogP contribution in [-0.4, -0.2) is 19.1 Å². The molecule has 1 fully saturated rings. The molecule has 0 saturated carbocycles. The summed E-state index contributed by atoms with van der Waals surface area (Å²) in [6.07, 6.45) is 2.47. The third-order valence-electron chi connectivity index (χ3n) is 3.19. The summed E-state index contributed by atoms with van der Waals surface area (Å²) in [6.45, 7) is 4.53. The van der Waals surface area contributed by atoms with Gasteiger partial charge in [0, 0.05) is 16.6 Å². The Morgan fingerprint density at radius 3 is 2.50 bits per heavy atom. The second-order valence-corrected chi connectivity index (χ2v) is 5.38. The van der Waals surface area contributed by atoms with Crippen LogP contribution in [0.2, 0.25) is 0 Å². The monoisotopic (exact) mass is 282 g/mol. The second kappa shape index (κ2) is 5.80. The van der Waals surface area contributed by atoms with Gasteiger partial charge in [-0.25, -0.2) is 0 Å². The second-order valence-electron chi connectivity index (χ2n) is 4.46. The summed E-state index contributed by atoms with van der Waals surface area (Å²) in [6, 6.07) is 9.69. The van der Waals surface area contributed by atoms with Gasteiger partial charge in [-0.05, 0) is 50.6 Å². The van der Waals surface area contributed by atoms with Crippen molar-refractivity contribution >= 4 is 15.9 Å². The van der Waals surface area contributed by atoms with Crippen molar-refractivity contribution < 1.29 is 0 Å². The lowest BCUT2D eigenvalue weighted by molar-refractivity contribution is 0.359. The average Bonchev–Trinajstić information content (AvgIpc) is 2.31. The van der Waals surface area contributed by atoms with Crippen LogP contribution in [0, 0.1) is 0 Å². The van der Waals surface area contributed by atoms with E-state index < -0.39 is 0 Å². The van der Waals surface area contributed by atoms with E-state index in [0.29, 0.717) is 12.1 Å². The zero-order valence-corrected chi connectivity index (χ0v) is 11.3. The molecule has 16 heavy (non-hydrogen) atoms. The fraction of sp³-hybridized carbons (Fsp3) is 0.538. The van der Waals surface area contributed by atoms with E-state index in [0.717, 1.165) is 17.6 Å². The largest absolute Gasteiger partial charge is 0.317 e. The molecule has 2 N–H and O–H groups in total. The van der Waals surface area contributed by atoms with E-state index in [-0.39, 0.29) is 0 Å². The van der Waals surface area contributed by atoms with E-state index in [4.69, 9.17) is 0 Å². The lowest BCUT2D eigenvalue weighted by Gasteiger charge is -2.27. The molecule has 0 spiro atoms. The van der Waals surface area contributed by atoms with Crippen molar-refractivity contribution in [1.82, 2.24) is 10.6 Å². The number of hydrogen-bond acceptors (Lipinski definition) is 2. The highest BCUT2D eigenvalue weighted by atomic mass is 79.9. The van der Waals surface area contributed by atoms with E-state index in [1.54, 1.807) is 0 Å². The smallest absolute Gasteiger partial charge is 0.0294 e. The Kier molecular flexibility index (Phi) is 4.38. The first-order valence-corrected chi connectivity index (χ1v) is 6.77. The SMILES string of the molecule is CC(NC1CCNCC1)c1ccc(Br)cc1. The molecule has 0 bridgehead atoms. The summed E-state index contributed by atoms with van der Waals surface area (Å²) in [5, 5.41) is 7.09. The molecule has 1 unspecified atom stereocenters. The van der Waals surface area contributed by atoms with Gasteiger partial charge in [-0.1, -0.05) is 28.1 Å². The van der Waals surface area contributed by atoms with Gasteiger partial charge in [-0.3, -0.25) is 0 Å². The Labute approximate surface area is 106 Å². The maximum Gasteiger partial charge on any atom is 0.0294 e.